The second-order valence-electron chi connectivity index (χ2n) is 3.11. The Labute approximate surface area is 108 Å². The molecule has 0 radical (unpaired) electrons. The molecule has 4 nitrogen and oxygen atoms in total. The van der Waals surface area contributed by atoms with E-state index in [1.54, 1.807) is 6.07 Å². The monoisotopic (exact) mass is 327 g/mol. The summed E-state index contributed by atoms with van der Waals surface area (Å²) in [6, 6.07) is 2.92. The molecule has 0 spiro atoms. The number of rotatable bonds is 4. The molecule has 90 valence electrons. The molecule has 0 heterocycles. The number of sulfonamides is 1. The SMILES string of the molecule is CCCOc1c(Cl)cc(Br)cc1S(N)(=O)=O. The number of halogens is 2. The van der Waals surface area contributed by atoms with Crippen molar-refractivity contribution in [3.05, 3.63) is 21.6 Å². The van der Waals surface area contributed by atoms with Crippen LogP contribution in [0.15, 0.2) is 21.5 Å². The zero-order valence-corrected chi connectivity index (χ0v) is 11.7. The van der Waals surface area contributed by atoms with Crippen molar-refractivity contribution < 1.29 is 13.2 Å². The highest BCUT2D eigenvalue weighted by Crippen LogP contribution is 2.34. The van der Waals surface area contributed by atoms with Gasteiger partial charge in [0.05, 0.1) is 11.6 Å². The van der Waals surface area contributed by atoms with Crippen LogP contribution in [-0.2, 0) is 10.0 Å². The van der Waals surface area contributed by atoms with Crippen molar-refractivity contribution in [1.29, 1.82) is 0 Å². The van der Waals surface area contributed by atoms with Crippen molar-refractivity contribution in [2.75, 3.05) is 6.61 Å². The van der Waals surface area contributed by atoms with Crippen LogP contribution in [0.25, 0.3) is 0 Å². The van der Waals surface area contributed by atoms with Gasteiger partial charge in [-0.25, -0.2) is 13.6 Å². The lowest BCUT2D eigenvalue weighted by Crippen LogP contribution is -2.14. The van der Waals surface area contributed by atoms with Gasteiger partial charge in [-0.05, 0) is 18.6 Å². The van der Waals surface area contributed by atoms with Gasteiger partial charge in [-0.15, -0.1) is 0 Å². The Kier molecular flexibility index (Phi) is 4.61. The van der Waals surface area contributed by atoms with E-state index in [1.165, 1.54) is 6.07 Å². The molecule has 0 fully saturated rings. The van der Waals surface area contributed by atoms with E-state index < -0.39 is 10.0 Å². The van der Waals surface area contributed by atoms with E-state index in [0.29, 0.717) is 11.1 Å². The summed E-state index contributed by atoms with van der Waals surface area (Å²) >= 11 is 9.05. The van der Waals surface area contributed by atoms with Crippen LogP contribution >= 0.6 is 27.5 Å². The number of benzene rings is 1. The molecule has 0 aliphatic carbocycles. The molecular weight excluding hydrogens is 318 g/mol. The first-order valence-corrected chi connectivity index (χ1v) is 7.22. The fourth-order valence-electron chi connectivity index (χ4n) is 1.09. The highest BCUT2D eigenvalue weighted by atomic mass is 79.9. The van der Waals surface area contributed by atoms with Crippen LogP contribution in [0.1, 0.15) is 13.3 Å². The van der Waals surface area contributed by atoms with E-state index in [0.717, 1.165) is 6.42 Å². The van der Waals surface area contributed by atoms with Gasteiger partial charge in [0, 0.05) is 4.47 Å². The van der Waals surface area contributed by atoms with Crippen molar-refractivity contribution in [2.45, 2.75) is 18.2 Å². The molecule has 0 aliphatic rings. The molecule has 1 rings (SSSR count). The van der Waals surface area contributed by atoms with Crippen molar-refractivity contribution in [2.24, 2.45) is 5.14 Å². The molecule has 0 bridgehead atoms. The van der Waals surface area contributed by atoms with E-state index in [-0.39, 0.29) is 15.7 Å². The van der Waals surface area contributed by atoms with E-state index in [4.69, 9.17) is 21.5 Å². The summed E-state index contributed by atoms with van der Waals surface area (Å²) in [5.41, 5.74) is 0. The van der Waals surface area contributed by atoms with Gasteiger partial charge in [-0.1, -0.05) is 34.5 Å². The summed E-state index contributed by atoms with van der Waals surface area (Å²) < 4.78 is 28.5. The Balaban J connectivity index is 3.33. The van der Waals surface area contributed by atoms with E-state index >= 15 is 0 Å². The van der Waals surface area contributed by atoms with Crippen molar-refractivity contribution in [1.82, 2.24) is 0 Å². The maximum absolute atomic E-state index is 11.3. The van der Waals surface area contributed by atoms with Crippen LogP contribution in [0.5, 0.6) is 5.75 Å². The molecule has 1 aromatic carbocycles. The molecular formula is C9H11BrClNO3S. The Morgan fingerprint density at radius 1 is 1.50 bits per heavy atom. The molecule has 0 amide bonds. The van der Waals surface area contributed by atoms with E-state index in [1.807, 2.05) is 6.92 Å². The minimum atomic E-state index is -3.85. The third-order valence-corrected chi connectivity index (χ3v) is 3.39. The predicted octanol–water partition coefficient (Wildman–Crippen LogP) is 2.54. The number of nitrogens with two attached hydrogens (primary N) is 1. The quantitative estimate of drug-likeness (QED) is 0.923. The zero-order valence-electron chi connectivity index (χ0n) is 8.54. The summed E-state index contributed by atoms with van der Waals surface area (Å²) in [6.45, 7) is 2.28. The lowest BCUT2D eigenvalue weighted by Gasteiger charge is -2.11. The molecule has 0 unspecified atom stereocenters. The number of primary sulfonamides is 1. The van der Waals surface area contributed by atoms with Gasteiger partial charge in [-0.3, -0.25) is 0 Å². The second-order valence-corrected chi connectivity index (χ2v) is 5.96. The summed E-state index contributed by atoms with van der Waals surface area (Å²) in [4.78, 5) is -0.111. The number of ether oxygens (including phenoxy) is 1. The van der Waals surface area contributed by atoms with Crippen LogP contribution in [-0.4, -0.2) is 15.0 Å². The average Bonchev–Trinajstić information content (AvgIpc) is 2.14. The average molecular weight is 329 g/mol. The number of hydrogen-bond acceptors (Lipinski definition) is 3. The molecule has 1 aromatic rings. The molecule has 2 N–H and O–H groups in total. The van der Waals surface area contributed by atoms with Gasteiger partial charge >= 0.3 is 0 Å². The van der Waals surface area contributed by atoms with Gasteiger partial charge < -0.3 is 4.74 Å². The molecule has 0 atom stereocenters. The van der Waals surface area contributed by atoms with Crippen LogP contribution in [0.4, 0.5) is 0 Å². The predicted molar refractivity (Wildman–Crippen MR) is 66.3 cm³/mol. The van der Waals surface area contributed by atoms with Crippen LogP contribution in [0, 0.1) is 0 Å². The van der Waals surface area contributed by atoms with Crippen LogP contribution < -0.4 is 9.88 Å². The van der Waals surface area contributed by atoms with Gasteiger partial charge in [0.2, 0.25) is 10.0 Å². The standard InChI is InChI=1S/C9H11BrClNO3S/c1-2-3-15-9-7(11)4-6(10)5-8(9)16(12,13)14/h4-5H,2-3H2,1H3,(H2,12,13,14). The van der Waals surface area contributed by atoms with Gasteiger partial charge in [-0.2, -0.15) is 0 Å². The highest BCUT2D eigenvalue weighted by Gasteiger charge is 2.19. The lowest BCUT2D eigenvalue weighted by atomic mass is 10.3. The molecule has 0 saturated heterocycles. The Hall–Kier alpha value is -0.300. The molecule has 0 aliphatic heterocycles. The van der Waals surface area contributed by atoms with E-state index in [2.05, 4.69) is 15.9 Å². The third kappa shape index (κ3) is 3.35. The molecule has 7 heteroatoms. The van der Waals surface area contributed by atoms with Crippen molar-refractivity contribution in [3.8, 4) is 5.75 Å². The Morgan fingerprint density at radius 3 is 2.62 bits per heavy atom. The maximum atomic E-state index is 11.3. The van der Waals surface area contributed by atoms with E-state index in [9.17, 15) is 8.42 Å². The normalized spacial score (nSPS) is 11.5. The first-order valence-electron chi connectivity index (χ1n) is 4.51. The van der Waals surface area contributed by atoms with Crippen molar-refractivity contribution in [3.63, 3.8) is 0 Å². The second kappa shape index (κ2) is 5.35. The van der Waals surface area contributed by atoms with Crippen molar-refractivity contribution >= 4 is 37.6 Å². The fraction of sp³-hybridized carbons (Fsp3) is 0.333. The summed E-state index contributed by atoms with van der Waals surface area (Å²) in [6.07, 6.45) is 0.746. The first kappa shape index (κ1) is 13.8. The maximum Gasteiger partial charge on any atom is 0.241 e. The van der Waals surface area contributed by atoms with Crippen LogP contribution in [0.2, 0.25) is 5.02 Å². The summed E-state index contributed by atoms with van der Waals surface area (Å²) in [5.74, 6) is 0.106. The fourth-order valence-corrected chi connectivity index (χ4v) is 2.88. The topological polar surface area (TPSA) is 69.4 Å². The molecule has 16 heavy (non-hydrogen) atoms. The Morgan fingerprint density at radius 2 is 2.12 bits per heavy atom. The summed E-state index contributed by atoms with van der Waals surface area (Å²) in [7, 11) is -3.85. The first-order chi connectivity index (χ1) is 7.36. The third-order valence-electron chi connectivity index (χ3n) is 1.73. The van der Waals surface area contributed by atoms with Gasteiger partial charge in [0.25, 0.3) is 0 Å². The van der Waals surface area contributed by atoms with Gasteiger partial charge in [0.15, 0.2) is 5.75 Å². The minimum absolute atomic E-state index is 0.106. The largest absolute Gasteiger partial charge is 0.491 e. The van der Waals surface area contributed by atoms with Crippen LogP contribution in [0.3, 0.4) is 0 Å². The minimum Gasteiger partial charge on any atom is -0.491 e. The highest BCUT2D eigenvalue weighted by molar-refractivity contribution is 9.10. The smallest absolute Gasteiger partial charge is 0.241 e. The molecule has 0 saturated carbocycles. The van der Waals surface area contributed by atoms with Gasteiger partial charge in [0.1, 0.15) is 4.90 Å². The molecule has 0 aromatic heterocycles. The summed E-state index contributed by atoms with van der Waals surface area (Å²) in [5, 5.41) is 5.29. The zero-order chi connectivity index (χ0) is 12.3. The Bertz CT molecular complexity index is 490. The number of hydrogen-bond donors (Lipinski definition) is 1. The lowest BCUT2D eigenvalue weighted by molar-refractivity contribution is 0.309.